The number of phenolic OH excluding ortho intramolecular Hbond substituents is 1. The lowest BCUT2D eigenvalue weighted by atomic mass is 9.90. The Labute approximate surface area is 117 Å². The van der Waals surface area contributed by atoms with Gasteiger partial charge in [-0.1, -0.05) is 0 Å². The van der Waals surface area contributed by atoms with Crippen LogP contribution in [0.1, 0.15) is 29.6 Å². The van der Waals surface area contributed by atoms with Crippen LogP contribution >= 0.6 is 0 Å². The van der Waals surface area contributed by atoms with E-state index in [0.717, 1.165) is 6.42 Å². The number of hydrogen-bond donors (Lipinski definition) is 4. The molecular formula is C14H19NO5. The lowest BCUT2D eigenvalue weighted by Gasteiger charge is -2.32. The van der Waals surface area contributed by atoms with E-state index in [4.69, 9.17) is 4.74 Å². The molecule has 1 fully saturated rings. The van der Waals surface area contributed by atoms with Crippen molar-refractivity contribution in [3.05, 3.63) is 23.8 Å². The Balaban J connectivity index is 2.08. The fourth-order valence-electron chi connectivity index (χ4n) is 2.39. The van der Waals surface area contributed by atoms with Crippen LogP contribution in [0.4, 0.5) is 0 Å². The van der Waals surface area contributed by atoms with E-state index in [1.165, 1.54) is 19.2 Å². The summed E-state index contributed by atoms with van der Waals surface area (Å²) in [6, 6.07) is 3.87. The molecule has 0 bridgehead atoms. The Morgan fingerprint density at radius 1 is 1.35 bits per heavy atom. The van der Waals surface area contributed by atoms with Crippen LogP contribution in [0.15, 0.2) is 18.2 Å². The highest BCUT2D eigenvalue weighted by atomic mass is 16.5. The molecule has 2 rings (SSSR count). The summed E-state index contributed by atoms with van der Waals surface area (Å²) in [4.78, 5) is 12.1. The predicted molar refractivity (Wildman–Crippen MR) is 71.8 cm³/mol. The third-order valence-electron chi connectivity index (χ3n) is 3.59. The summed E-state index contributed by atoms with van der Waals surface area (Å²) in [6.45, 7) is 0. The zero-order valence-corrected chi connectivity index (χ0v) is 11.2. The summed E-state index contributed by atoms with van der Waals surface area (Å²) in [6.07, 6.45) is 0.0616. The molecule has 0 heterocycles. The van der Waals surface area contributed by atoms with E-state index in [2.05, 4.69) is 5.32 Å². The van der Waals surface area contributed by atoms with E-state index in [0.29, 0.717) is 18.6 Å². The molecule has 1 aromatic rings. The summed E-state index contributed by atoms with van der Waals surface area (Å²) in [5, 5.41) is 31.9. The topological polar surface area (TPSA) is 99.0 Å². The maximum absolute atomic E-state index is 12.1. The molecule has 0 radical (unpaired) electrons. The van der Waals surface area contributed by atoms with E-state index in [9.17, 15) is 20.1 Å². The van der Waals surface area contributed by atoms with Gasteiger partial charge in [0.15, 0.2) is 0 Å². The zero-order chi connectivity index (χ0) is 14.7. The summed E-state index contributed by atoms with van der Waals surface area (Å²) >= 11 is 0. The molecule has 1 aliphatic rings. The molecule has 0 aliphatic heterocycles. The summed E-state index contributed by atoms with van der Waals surface area (Å²) < 4.78 is 4.95. The number of ether oxygens (including phenoxy) is 1. The molecule has 20 heavy (non-hydrogen) atoms. The monoisotopic (exact) mass is 281 g/mol. The lowest BCUT2D eigenvalue weighted by Crippen LogP contribution is -2.51. The van der Waals surface area contributed by atoms with Gasteiger partial charge in [0.25, 0.3) is 5.91 Å². The molecule has 1 amide bonds. The van der Waals surface area contributed by atoms with Gasteiger partial charge in [-0.05, 0) is 31.4 Å². The van der Waals surface area contributed by atoms with Crippen LogP contribution < -0.4 is 10.1 Å². The molecule has 0 unspecified atom stereocenters. The van der Waals surface area contributed by atoms with Crippen LogP contribution in [0.5, 0.6) is 11.5 Å². The number of hydrogen-bond acceptors (Lipinski definition) is 5. The van der Waals surface area contributed by atoms with Crippen molar-refractivity contribution in [1.29, 1.82) is 0 Å². The molecule has 3 atom stereocenters. The molecule has 0 saturated heterocycles. The Kier molecular flexibility index (Phi) is 4.46. The van der Waals surface area contributed by atoms with E-state index in [1.807, 2.05) is 0 Å². The number of rotatable bonds is 3. The molecule has 6 nitrogen and oxygen atoms in total. The quantitative estimate of drug-likeness (QED) is 0.643. The van der Waals surface area contributed by atoms with Crippen molar-refractivity contribution in [1.82, 2.24) is 5.32 Å². The molecule has 1 saturated carbocycles. The van der Waals surface area contributed by atoms with Gasteiger partial charge in [-0.3, -0.25) is 4.79 Å². The fraction of sp³-hybridized carbons (Fsp3) is 0.500. The minimum absolute atomic E-state index is 0.109. The highest BCUT2D eigenvalue weighted by molar-refractivity contribution is 5.97. The van der Waals surface area contributed by atoms with Crippen molar-refractivity contribution in [2.75, 3.05) is 7.11 Å². The standard InChI is InChI=1S/C14H19NO5/c1-20-8-5-6-9(12(17)7-8)14(19)15-10-3-2-4-11(16)13(10)18/h5-7,10-11,13,16-18H,2-4H2,1H3,(H,15,19)/t10-,11-,13-/m1/s1. The second-order valence-corrected chi connectivity index (χ2v) is 4.95. The van der Waals surface area contributed by atoms with Gasteiger partial charge < -0.3 is 25.4 Å². The minimum Gasteiger partial charge on any atom is -0.507 e. The first kappa shape index (κ1) is 14.6. The summed E-state index contributed by atoms with van der Waals surface area (Å²) in [5.74, 6) is -0.219. The fourth-order valence-corrected chi connectivity index (χ4v) is 2.39. The first-order valence-electron chi connectivity index (χ1n) is 6.57. The summed E-state index contributed by atoms with van der Waals surface area (Å²) in [7, 11) is 1.47. The number of phenols is 1. The van der Waals surface area contributed by atoms with E-state index in [1.54, 1.807) is 6.07 Å². The predicted octanol–water partition coefficient (Wildman–Crippen LogP) is 0.405. The van der Waals surface area contributed by atoms with E-state index < -0.39 is 24.2 Å². The molecule has 6 heteroatoms. The largest absolute Gasteiger partial charge is 0.507 e. The van der Waals surface area contributed by atoms with E-state index >= 15 is 0 Å². The van der Waals surface area contributed by atoms with Crippen molar-refractivity contribution in [2.45, 2.75) is 37.5 Å². The van der Waals surface area contributed by atoms with Gasteiger partial charge in [-0.25, -0.2) is 0 Å². The van der Waals surface area contributed by atoms with Crippen LogP contribution in [0.3, 0.4) is 0 Å². The van der Waals surface area contributed by atoms with Gasteiger partial charge in [0.05, 0.1) is 30.9 Å². The highest BCUT2D eigenvalue weighted by Gasteiger charge is 2.31. The third kappa shape index (κ3) is 3.02. The van der Waals surface area contributed by atoms with Gasteiger partial charge in [-0.2, -0.15) is 0 Å². The number of amides is 1. The first-order chi connectivity index (χ1) is 9.52. The Morgan fingerprint density at radius 3 is 2.75 bits per heavy atom. The molecule has 1 aromatic carbocycles. The van der Waals surface area contributed by atoms with Gasteiger partial charge in [-0.15, -0.1) is 0 Å². The third-order valence-corrected chi connectivity index (χ3v) is 3.59. The molecule has 4 N–H and O–H groups in total. The number of methoxy groups -OCH3 is 1. The second-order valence-electron chi connectivity index (χ2n) is 4.95. The average molecular weight is 281 g/mol. The number of aromatic hydroxyl groups is 1. The Morgan fingerprint density at radius 2 is 2.10 bits per heavy atom. The van der Waals surface area contributed by atoms with Gasteiger partial charge in [0.2, 0.25) is 0 Å². The number of carbonyl (C=O) groups excluding carboxylic acids is 1. The number of benzene rings is 1. The summed E-state index contributed by atoms with van der Waals surface area (Å²) in [5.41, 5.74) is 0.109. The Hall–Kier alpha value is -1.79. The van der Waals surface area contributed by atoms with Gasteiger partial charge >= 0.3 is 0 Å². The SMILES string of the molecule is COc1ccc(C(=O)N[C@@H]2CCC[C@@H](O)[C@@H]2O)c(O)c1. The van der Waals surface area contributed by atoms with E-state index in [-0.39, 0.29) is 11.3 Å². The van der Waals surface area contributed by atoms with Crippen LogP contribution in [0, 0.1) is 0 Å². The number of carbonyl (C=O) groups is 1. The minimum atomic E-state index is -0.979. The van der Waals surface area contributed by atoms with Gasteiger partial charge in [0, 0.05) is 6.07 Å². The number of nitrogens with one attached hydrogen (secondary N) is 1. The molecular weight excluding hydrogens is 262 g/mol. The molecule has 110 valence electrons. The van der Waals surface area contributed by atoms with Crippen molar-refractivity contribution < 1.29 is 24.9 Å². The highest BCUT2D eigenvalue weighted by Crippen LogP contribution is 2.24. The molecule has 0 spiro atoms. The van der Waals surface area contributed by atoms with Crippen molar-refractivity contribution in [3.63, 3.8) is 0 Å². The smallest absolute Gasteiger partial charge is 0.255 e. The number of aliphatic hydroxyl groups is 2. The van der Waals surface area contributed by atoms with Crippen molar-refractivity contribution in [3.8, 4) is 11.5 Å². The van der Waals surface area contributed by atoms with Crippen LogP contribution in [0.2, 0.25) is 0 Å². The zero-order valence-electron chi connectivity index (χ0n) is 11.2. The van der Waals surface area contributed by atoms with Crippen molar-refractivity contribution in [2.24, 2.45) is 0 Å². The average Bonchev–Trinajstić information content (AvgIpc) is 2.43. The van der Waals surface area contributed by atoms with Crippen LogP contribution in [-0.4, -0.2) is 46.6 Å². The maximum Gasteiger partial charge on any atom is 0.255 e. The van der Waals surface area contributed by atoms with Crippen LogP contribution in [0.25, 0.3) is 0 Å². The molecule has 0 aromatic heterocycles. The molecule has 1 aliphatic carbocycles. The normalized spacial score (nSPS) is 26.1. The lowest BCUT2D eigenvalue weighted by molar-refractivity contribution is -0.0278. The van der Waals surface area contributed by atoms with Crippen LogP contribution in [-0.2, 0) is 0 Å². The maximum atomic E-state index is 12.1. The number of aliphatic hydroxyl groups excluding tert-OH is 2. The van der Waals surface area contributed by atoms with Gasteiger partial charge in [0.1, 0.15) is 11.5 Å². The van der Waals surface area contributed by atoms with Crippen molar-refractivity contribution >= 4 is 5.91 Å². The Bertz CT molecular complexity index is 490. The second kappa shape index (κ2) is 6.11. The first-order valence-corrected chi connectivity index (χ1v) is 6.57.